The molecule has 3 heteroatoms. The number of halogens is 1. The van der Waals surface area contributed by atoms with Crippen LogP contribution in [0.25, 0.3) is 0 Å². The highest BCUT2D eigenvalue weighted by Crippen LogP contribution is 2.05. The molecule has 0 spiro atoms. The van der Waals surface area contributed by atoms with Gasteiger partial charge in [0.05, 0.1) is 5.33 Å². The minimum Gasteiger partial charge on any atom is -0.298 e. The maximum atomic E-state index is 11.1. The molecule has 0 saturated carbocycles. The van der Waals surface area contributed by atoms with E-state index < -0.39 is 0 Å². The molecule has 62 valence electrons. The summed E-state index contributed by atoms with van der Waals surface area (Å²) in [6, 6.07) is 6.63. The summed E-state index contributed by atoms with van der Waals surface area (Å²) in [7, 11) is 0. The first-order valence-corrected chi connectivity index (χ1v) is 4.54. The summed E-state index contributed by atoms with van der Waals surface area (Å²) in [5, 5.41) is 0.287. The standard InChI is InChI=1S/C9H7BrO2/c10-5-9(12)8-3-1-2-7(4-8)6-11/h1-4,6H,5H2. The second kappa shape index (κ2) is 4.16. The van der Waals surface area contributed by atoms with Crippen LogP contribution < -0.4 is 0 Å². The summed E-state index contributed by atoms with van der Waals surface area (Å²) in [6.07, 6.45) is 0.727. The lowest BCUT2D eigenvalue weighted by molar-refractivity contribution is 0.102. The van der Waals surface area contributed by atoms with Gasteiger partial charge in [0.2, 0.25) is 0 Å². The molecule has 0 aromatic heterocycles. The van der Waals surface area contributed by atoms with Gasteiger partial charge in [0, 0.05) is 11.1 Å². The molecule has 0 aliphatic rings. The number of carbonyl (C=O) groups excluding carboxylic acids is 2. The molecule has 0 aliphatic carbocycles. The van der Waals surface area contributed by atoms with Crippen LogP contribution in [0.5, 0.6) is 0 Å². The molecule has 0 atom stereocenters. The third-order valence-corrected chi connectivity index (χ3v) is 1.98. The molecule has 1 aromatic carbocycles. The van der Waals surface area contributed by atoms with Crippen molar-refractivity contribution in [2.75, 3.05) is 5.33 Å². The van der Waals surface area contributed by atoms with Crippen molar-refractivity contribution in [1.29, 1.82) is 0 Å². The van der Waals surface area contributed by atoms with Crippen molar-refractivity contribution in [3.05, 3.63) is 35.4 Å². The van der Waals surface area contributed by atoms with E-state index in [1.165, 1.54) is 0 Å². The smallest absolute Gasteiger partial charge is 0.173 e. The second-order valence-electron chi connectivity index (χ2n) is 2.30. The number of Topliss-reactive ketones (excluding diaryl/α,β-unsaturated/α-hetero) is 1. The highest BCUT2D eigenvalue weighted by atomic mass is 79.9. The van der Waals surface area contributed by atoms with Crippen LogP contribution in [0.1, 0.15) is 20.7 Å². The molecule has 0 saturated heterocycles. The van der Waals surface area contributed by atoms with Crippen LogP contribution in [0, 0.1) is 0 Å². The summed E-state index contributed by atoms with van der Waals surface area (Å²) < 4.78 is 0. The SMILES string of the molecule is O=Cc1cccc(C(=O)CBr)c1. The van der Waals surface area contributed by atoms with Gasteiger partial charge in [-0.25, -0.2) is 0 Å². The van der Waals surface area contributed by atoms with Gasteiger partial charge in [-0.15, -0.1) is 0 Å². The number of aldehydes is 1. The Morgan fingerprint density at radius 1 is 1.50 bits per heavy atom. The van der Waals surface area contributed by atoms with Crippen LogP contribution in [0.4, 0.5) is 0 Å². The molecule has 1 rings (SSSR count). The minimum absolute atomic E-state index is 0.0151. The molecular formula is C9H7BrO2. The van der Waals surface area contributed by atoms with Gasteiger partial charge in [0.15, 0.2) is 5.78 Å². The number of rotatable bonds is 3. The van der Waals surface area contributed by atoms with Gasteiger partial charge in [-0.05, 0) is 6.07 Å². The van der Waals surface area contributed by atoms with E-state index in [0.717, 1.165) is 6.29 Å². The van der Waals surface area contributed by atoms with E-state index in [1.54, 1.807) is 24.3 Å². The number of benzene rings is 1. The maximum Gasteiger partial charge on any atom is 0.173 e. The van der Waals surface area contributed by atoms with E-state index in [9.17, 15) is 9.59 Å². The van der Waals surface area contributed by atoms with Gasteiger partial charge in [-0.2, -0.15) is 0 Å². The van der Waals surface area contributed by atoms with Crippen molar-refractivity contribution in [2.24, 2.45) is 0 Å². The van der Waals surface area contributed by atoms with Crippen molar-refractivity contribution in [2.45, 2.75) is 0 Å². The van der Waals surface area contributed by atoms with E-state index >= 15 is 0 Å². The molecule has 0 bridgehead atoms. The summed E-state index contributed by atoms with van der Waals surface area (Å²) in [5.74, 6) is -0.0151. The third kappa shape index (κ3) is 2.01. The van der Waals surface area contributed by atoms with E-state index in [-0.39, 0.29) is 11.1 Å². The van der Waals surface area contributed by atoms with Crippen LogP contribution in [0.3, 0.4) is 0 Å². The lowest BCUT2D eigenvalue weighted by Crippen LogP contribution is -1.99. The fraction of sp³-hybridized carbons (Fsp3) is 0.111. The predicted octanol–water partition coefficient (Wildman–Crippen LogP) is 2.08. The Morgan fingerprint density at radius 3 is 2.83 bits per heavy atom. The first kappa shape index (κ1) is 9.13. The molecule has 0 radical (unpaired) electrons. The van der Waals surface area contributed by atoms with Gasteiger partial charge >= 0.3 is 0 Å². The monoisotopic (exact) mass is 226 g/mol. The summed E-state index contributed by atoms with van der Waals surface area (Å²) >= 11 is 3.06. The molecule has 2 nitrogen and oxygen atoms in total. The zero-order valence-corrected chi connectivity index (χ0v) is 7.87. The minimum atomic E-state index is -0.0151. The normalized spacial score (nSPS) is 9.42. The zero-order valence-electron chi connectivity index (χ0n) is 6.29. The average molecular weight is 227 g/mol. The van der Waals surface area contributed by atoms with Crippen LogP contribution in [0.2, 0.25) is 0 Å². The number of hydrogen-bond donors (Lipinski definition) is 0. The summed E-state index contributed by atoms with van der Waals surface area (Å²) in [6.45, 7) is 0. The van der Waals surface area contributed by atoms with Gasteiger partial charge < -0.3 is 0 Å². The first-order valence-electron chi connectivity index (χ1n) is 3.42. The number of hydrogen-bond acceptors (Lipinski definition) is 2. The lowest BCUT2D eigenvalue weighted by Gasteiger charge is -1.96. The topological polar surface area (TPSA) is 34.1 Å². The lowest BCUT2D eigenvalue weighted by atomic mass is 10.1. The maximum absolute atomic E-state index is 11.1. The van der Waals surface area contributed by atoms with Crippen molar-refractivity contribution < 1.29 is 9.59 Å². The highest BCUT2D eigenvalue weighted by Gasteiger charge is 2.02. The Hall–Kier alpha value is -0.960. The van der Waals surface area contributed by atoms with Crippen molar-refractivity contribution in [3.63, 3.8) is 0 Å². The highest BCUT2D eigenvalue weighted by molar-refractivity contribution is 9.09. The Balaban J connectivity index is 3.01. The summed E-state index contributed by atoms with van der Waals surface area (Å²) in [5.41, 5.74) is 1.10. The molecular weight excluding hydrogens is 220 g/mol. The Labute approximate surface area is 78.7 Å². The molecule has 0 heterocycles. The van der Waals surface area contributed by atoms with Crippen molar-refractivity contribution in [3.8, 4) is 0 Å². The van der Waals surface area contributed by atoms with Gasteiger partial charge in [-0.1, -0.05) is 34.1 Å². The van der Waals surface area contributed by atoms with Gasteiger partial charge in [-0.3, -0.25) is 9.59 Å². The molecule has 12 heavy (non-hydrogen) atoms. The van der Waals surface area contributed by atoms with E-state index in [2.05, 4.69) is 15.9 Å². The third-order valence-electron chi connectivity index (χ3n) is 1.47. The average Bonchev–Trinajstić information content (AvgIpc) is 2.17. The predicted molar refractivity (Wildman–Crippen MR) is 50.0 cm³/mol. The Kier molecular flexibility index (Phi) is 3.17. The molecule has 0 amide bonds. The van der Waals surface area contributed by atoms with E-state index in [0.29, 0.717) is 11.1 Å². The number of ketones is 1. The number of carbonyl (C=O) groups is 2. The second-order valence-corrected chi connectivity index (χ2v) is 2.86. The van der Waals surface area contributed by atoms with Crippen LogP contribution in [-0.4, -0.2) is 17.4 Å². The fourth-order valence-electron chi connectivity index (χ4n) is 0.863. The molecule has 0 unspecified atom stereocenters. The van der Waals surface area contributed by atoms with Crippen molar-refractivity contribution >= 4 is 28.0 Å². The van der Waals surface area contributed by atoms with E-state index in [1.807, 2.05) is 0 Å². The number of alkyl halides is 1. The Bertz CT molecular complexity index is 307. The van der Waals surface area contributed by atoms with Crippen LogP contribution in [0.15, 0.2) is 24.3 Å². The summed E-state index contributed by atoms with van der Waals surface area (Å²) in [4.78, 5) is 21.5. The van der Waals surface area contributed by atoms with Crippen molar-refractivity contribution in [1.82, 2.24) is 0 Å². The molecule has 0 N–H and O–H groups in total. The largest absolute Gasteiger partial charge is 0.298 e. The van der Waals surface area contributed by atoms with Gasteiger partial charge in [0.25, 0.3) is 0 Å². The molecule has 1 aromatic rings. The van der Waals surface area contributed by atoms with Crippen LogP contribution >= 0.6 is 15.9 Å². The van der Waals surface area contributed by atoms with E-state index in [4.69, 9.17) is 0 Å². The fourth-order valence-corrected chi connectivity index (χ4v) is 1.19. The quantitative estimate of drug-likeness (QED) is 0.450. The molecule has 0 fully saturated rings. The first-order chi connectivity index (χ1) is 5.77. The Morgan fingerprint density at radius 2 is 2.25 bits per heavy atom. The van der Waals surface area contributed by atoms with Gasteiger partial charge in [0.1, 0.15) is 6.29 Å². The molecule has 0 aliphatic heterocycles. The van der Waals surface area contributed by atoms with Crippen LogP contribution in [-0.2, 0) is 0 Å². The zero-order chi connectivity index (χ0) is 8.97.